The van der Waals surface area contributed by atoms with Gasteiger partial charge in [-0.1, -0.05) is 0 Å². The predicted molar refractivity (Wildman–Crippen MR) is 45.9 cm³/mol. The van der Waals surface area contributed by atoms with Gasteiger partial charge in [-0.3, -0.25) is 0 Å². The Morgan fingerprint density at radius 3 is 3.08 bits per heavy atom. The molecule has 0 aliphatic carbocycles. The van der Waals surface area contributed by atoms with Crippen LogP contribution in [0.4, 0.5) is 11.4 Å². The summed E-state index contributed by atoms with van der Waals surface area (Å²) in [5, 5.41) is 2.76. The first-order valence-corrected chi connectivity index (χ1v) is 4.35. The standard InChI is InChI=1S/C7H5N2O2S/c10-8-5-1-2-7-6(3-5)9(11)4-12-7/h1-3H,4H2/q+1. The molecule has 12 heavy (non-hydrogen) atoms. The van der Waals surface area contributed by atoms with Crippen molar-refractivity contribution in [2.75, 3.05) is 5.88 Å². The van der Waals surface area contributed by atoms with Crippen molar-refractivity contribution < 1.29 is 4.76 Å². The van der Waals surface area contributed by atoms with E-state index in [-0.39, 0.29) is 0 Å². The van der Waals surface area contributed by atoms with Crippen molar-refractivity contribution in [3.05, 3.63) is 28.0 Å². The number of hydrogen-bond acceptors (Lipinski definition) is 4. The summed E-state index contributed by atoms with van der Waals surface area (Å²) in [6.45, 7) is 0. The molecule has 1 aromatic rings. The zero-order chi connectivity index (χ0) is 8.55. The Morgan fingerprint density at radius 1 is 1.50 bits per heavy atom. The molecule has 0 spiro atoms. The molecule has 0 saturated heterocycles. The number of rotatable bonds is 1. The summed E-state index contributed by atoms with van der Waals surface area (Å²) in [5.41, 5.74) is 0.856. The van der Waals surface area contributed by atoms with Gasteiger partial charge in [-0.15, -0.1) is 4.91 Å². The van der Waals surface area contributed by atoms with Crippen molar-refractivity contribution in [2.24, 2.45) is 5.18 Å². The second kappa shape index (κ2) is 2.67. The largest absolute Gasteiger partial charge is 0.273 e. The van der Waals surface area contributed by atoms with Gasteiger partial charge in [0.1, 0.15) is 5.69 Å². The van der Waals surface area contributed by atoms with Crippen LogP contribution < -0.4 is 0 Å². The molecule has 1 heterocycles. The smallest absolute Gasteiger partial charge is 0.145 e. The Kier molecular flexibility index (Phi) is 1.65. The molecule has 0 bridgehead atoms. The van der Waals surface area contributed by atoms with Crippen molar-refractivity contribution in [1.82, 2.24) is 0 Å². The molecule has 4 nitrogen and oxygen atoms in total. The Bertz CT molecular complexity index is 364. The number of thioether (sulfide) groups is 1. The highest BCUT2D eigenvalue weighted by molar-refractivity contribution is 7.99. The molecule has 0 aromatic heterocycles. The van der Waals surface area contributed by atoms with Crippen LogP contribution in [0.5, 0.6) is 0 Å². The second-order valence-electron chi connectivity index (χ2n) is 2.40. The van der Waals surface area contributed by atoms with Crippen LogP contribution in [0.25, 0.3) is 0 Å². The van der Waals surface area contributed by atoms with Gasteiger partial charge in [-0.05, 0) is 29.1 Å². The fourth-order valence-electron chi connectivity index (χ4n) is 1.08. The maximum absolute atomic E-state index is 11.1. The van der Waals surface area contributed by atoms with E-state index in [1.165, 1.54) is 17.8 Å². The first-order valence-electron chi connectivity index (χ1n) is 3.36. The van der Waals surface area contributed by atoms with E-state index in [2.05, 4.69) is 5.18 Å². The highest BCUT2D eigenvalue weighted by atomic mass is 32.2. The van der Waals surface area contributed by atoms with Gasteiger partial charge in [0.15, 0.2) is 0 Å². The normalized spacial score (nSPS) is 14.5. The first kappa shape index (κ1) is 7.42. The molecule has 0 fully saturated rings. The molecular weight excluding hydrogens is 176 g/mol. The van der Waals surface area contributed by atoms with E-state index in [1.54, 1.807) is 12.1 Å². The van der Waals surface area contributed by atoms with Crippen molar-refractivity contribution in [2.45, 2.75) is 4.90 Å². The minimum absolute atomic E-state index is 0.303. The number of nitrogens with zero attached hydrogens (tertiary/aromatic N) is 2. The molecule has 60 valence electrons. The Balaban J connectivity index is 2.57. The molecule has 0 amide bonds. The maximum Gasteiger partial charge on any atom is 0.273 e. The lowest BCUT2D eigenvalue weighted by Gasteiger charge is -1.88. The van der Waals surface area contributed by atoms with Gasteiger partial charge in [0.05, 0.1) is 4.90 Å². The van der Waals surface area contributed by atoms with E-state index in [9.17, 15) is 9.81 Å². The molecule has 0 N–H and O–H groups in total. The molecule has 0 unspecified atom stereocenters. The average Bonchev–Trinajstić information content (AvgIpc) is 2.47. The number of nitroso groups, excluding NO2 is 2. The fourth-order valence-corrected chi connectivity index (χ4v) is 1.95. The van der Waals surface area contributed by atoms with Crippen molar-refractivity contribution in [1.29, 1.82) is 0 Å². The minimum Gasteiger partial charge on any atom is -0.145 e. The van der Waals surface area contributed by atoms with Crippen LogP contribution in [-0.2, 0) is 0 Å². The molecule has 1 aromatic carbocycles. The topological polar surface area (TPSA) is 49.5 Å². The van der Waals surface area contributed by atoms with Crippen LogP contribution in [0.1, 0.15) is 0 Å². The highest BCUT2D eigenvalue weighted by Crippen LogP contribution is 2.38. The average molecular weight is 181 g/mol. The summed E-state index contributed by atoms with van der Waals surface area (Å²) >= 11 is 1.46. The number of fused-ring (bicyclic) bond motifs is 1. The third kappa shape index (κ3) is 1.02. The van der Waals surface area contributed by atoms with Crippen LogP contribution in [0.2, 0.25) is 0 Å². The zero-order valence-corrected chi connectivity index (χ0v) is 6.87. The Labute approximate surface area is 72.5 Å². The lowest BCUT2D eigenvalue weighted by molar-refractivity contribution is -0.437. The summed E-state index contributed by atoms with van der Waals surface area (Å²) in [6, 6.07) is 4.86. The third-order valence-electron chi connectivity index (χ3n) is 1.65. The molecule has 5 heteroatoms. The van der Waals surface area contributed by atoms with Crippen LogP contribution in [0, 0.1) is 9.81 Å². The Hall–Kier alpha value is -1.23. The lowest BCUT2D eigenvalue weighted by atomic mass is 10.3. The second-order valence-corrected chi connectivity index (χ2v) is 3.38. The van der Waals surface area contributed by atoms with E-state index in [1.807, 2.05) is 0 Å². The van der Waals surface area contributed by atoms with Crippen LogP contribution in [0.15, 0.2) is 28.3 Å². The summed E-state index contributed by atoms with van der Waals surface area (Å²) in [4.78, 5) is 22.1. The molecule has 2 rings (SSSR count). The van der Waals surface area contributed by atoms with Gasteiger partial charge in [-0.25, -0.2) is 0 Å². The van der Waals surface area contributed by atoms with Crippen LogP contribution in [-0.4, -0.2) is 10.6 Å². The Morgan fingerprint density at radius 2 is 2.33 bits per heavy atom. The van der Waals surface area contributed by atoms with Crippen LogP contribution in [0.3, 0.4) is 0 Å². The van der Waals surface area contributed by atoms with E-state index >= 15 is 0 Å². The summed E-state index contributed by atoms with van der Waals surface area (Å²) in [6.07, 6.45) is 0. The first-order chi connectivity index (χ1) is 5.81. The van der Waals surface area contributed by atoms with E-state index in [0.29, 0.717) is 17.3 Å². The minimum atomic E-state index is 0.303. The van der Waals surface area contributed by atoms with Crippen molar-refractivity contribution >= 4 is 23.1 Å². The number of benzene rings is 1. The fraction of sp³-hybridized carbons (Fsp3) is 0.143. The van der Waals surface area contributed by atoms with Gasteiger partial charge in [-0.2, -0.15) is 0 Å². The van der Waals surface area contributed by atoms with E-state index in [4.69, 9.17) is 0 Å². The zero-order valence-electron chi connectivity index (χ0n) is 6.06. The molecule has 0 saturated carbocycles. The molecule has 1 aliphatic heterocycles. The van der Waals surface area contributed by atoms with Crippen molar-refractivity contribution in [3.63, 3.8) is 0 Å². The van der Waals surface area contributed by atoms with Gasteiger partial charge in [0.2, 0.25) is 5.88 Å². The lowest BCUT2D eigenvalue weighted by Crippen LogP contribution is -1.90. The quantitative estimate of drug-likeness (QED) is 0.494. The highest BCUT2D eigenvalue weighted by Gasteiger charge is 2.28. The van der Waals surface area contributed by atoms with Gasteiger partial charge < -0.3 is 0 Å². The third-order valence-corrected chi connectivity index (χ3v) is 2.67. The van der Waals surface area contributed by atoms with Crippen LogP contribution >= 0.6 is 11.8 Å². The van der Waals surface area contributed by atoms with Crippen molar-refractivity contribution in [3.8, 4) is 0 Å². The summed E-state index contributed by atoms with van der Waals surface area (Å²) < 4.78 is 0.856. The van der Waals surface area contributed by atoms with Gasteiger partial charge >= 0.3 is 0 Å². The number of hydrogen-bond donors (Lipinski definition) is 0. The monoisotopic (exact) mass is 181 g/mol. The molecule has 0 atom stereocenters. The van der Waals surface area contributed by atoms with E-state index in [0.717, 1.165) is 9.66 Å². The SMILES string of the molecule is O=Nc1ccc2c(c1)[N+](=O)CS2. The molecule has 0 radical (unpaired) electrons. The summed E-state index contributed by atoms with van der Waals surface area (Å²) in [7, 11) is 0. The molecular formula is C7H5N2O2S+. The van der Waals surface area contributed by atoms with E-state index < -0.39 is 0 Å². The maximum atomic E-state index is 11.1. The van der Waals surface area contributed by atoms with Gasteiger partial charge in [0.25, 0.3) is 5.69 Å². The summed E-state index contributed by atoms with van der Waals surface area (Å²) in [5.74, 6) is 0.400. The predicted octanol–water partition coefficient (Wildman–Crippen LogP) is 2.56. The molecule has 1 aliphatic rings. The van der Waals surface area contributed by atoms with Gasteiger partial charge in [0, 0.05) is 15.7 Å².